The highest BCUT2D eigenvalue weighted by Crippen LogP contribution is 2.21. The highest BCUT2D eigenvalue weighted by Gasteiger charge is 2.12. The van der Waals surface area contributed by atoms with E-state index in [4.69, 9.17) is 11.6 Å². The van der Waals surface area contributed by atoms with Crippen molar-refractivity contribution in [2.45, 2.75) is 6.42 Å². The number of anilines is 1. The van der Waals surface area contributed by atoms with Crippen LogP contribution in [0.15, 0.2) is 18.2 Å². The van der Waals surface area contributed by atoms with E-state index in [-0.39, 0.29) is 16.5 Å². The third-order valence-electron chi connectivity index (χ3n) is 2.58. The summed E-state index contributed by atoms with van der Waals surface area (Å²) in [6.07, 6.45) is 1.86. The number of benzene rings is 1. The first-order valence-electron chi connectivity index (χ1n) is 6.39. The third kappa shape index (κ3) is 6.79. The molecule has 0 heterocycles. The van der Waals surface area contributed by atoms with Gasteiger partial charge in [-0.05, 0) is 45.3 Å². The first-order valence-corrected chi connectivity index (χ1v) is 8.66. The van der Waals surface area contributed by atoms with E-state index in [0.29, 0.717) is 12.2 Å². The maximum absolute atomic E-state index is 12.0. The van der Waals surface area contributed by atoms with E-state index in [1.54, 1.807) is 0 Å². The SMILES string of the molecule is CN(C)CCCNC(=O)c1cc(NS(C)(=O)=O)ccc1Cl. The Bertz CT molecular complexity index is 603. The molecule has 118 valence electrons. The van der Waals surface area contributed by atoms with Gasteiger partial charge < -0.3 is 10.2 Å². The molecular formula is C13H20ClN3O3S. The fourth-order valence-electron chi connectivity index (χ4n) is 1.67. The highest BCUT2D eigenvalue weighted by atomic mass is 35.5. The van der Waals surface area contributed by atoms with Crippen LogP contribution < -0.4 is 10.0 Å². The summed E-state index contributed by atoms with van der Waals surface area (Å²) in [5.41, 5.74) is 0.551. The van der Waals surface area contributed by atoms with Crippen LogP contribution in [0.2, 0.25) is 5.02 Å². The average molecular weight is 334 g/mol. The summed E-state index contributed by atoms with van der Waals surface area (Å²) >= 11 is 5.98. The van der Waals surface area contributed by atoms with Crippen LogP contribution in [0.1, 0.15) is 16.8 Å². The summed E-state index contributed by atoms with van der Waals surface area (Å²) in [6.45, 7) is 1.39. The third-order valence-corrected chi connectivity index (χ3v) is 3.52. The van der Waals surface area contributed by atoms with Crippen molar-refractivity contribution >= 4 is 33.2 Å². The van der Waals surface area contributed by atoms with Crippen LogP contribution in [0.3, 0.4) is 0 Å². The van der Waals surface area contributed by atoms with Crippen LogP contribution >= 0.6 is 11.6 Å². The smallest absolute Gasteiger partial charge is 0.252 e. The Labute approximate surface area is 130 Å². The van der Waals surface area contributed by atoms with Gasteiger partial charge in [-0.25, -0.2) is 8.42 Å². The predicted molar refractivity (Wildman–Crippen MR) is 85.4 cm³/mol. The normalized spacial score (nSPS) is 11.5. The monoisotopic (exact) mass is 333 g/mol. The van der Waals surface area contributed by atoms with Crippen LogP contribution in [-0.2, 0) is 10.0 Å². The number of nitrogens with one attached hydrogen (secondary N) is 2. The van der Waals surface area contributed by atoms with Crippen LogP contribution in [0.25, 0.3) is 0 Å². The van der Waals surface area contributed by atoms with Gasteiger partial charge in [-0.3, -0.25) is 9.52 Å². The molecule has 0 bridgehead atoms. The Kier molecular flexibility index (Phi) is 6.44. The molecule has 0 unspecified atom stereocenters. The minimum atomic E-state index is -3.39. The molecule has 0 aliphatic rings. The molecule has 0 saturated heterocycles. The predicted octanol–water partition coefficient (Wildman–Crippen LogP) is 1.39. The maximum atomic E-state index is 12.0. The second kappa shape index (κ2) is 7.63. The first kappa shape index (κ1) is 17.7. The Morgan fingerprint density at radius 2 is 2.00 bits per heavy atom. The van der Waals surface area contributed by atoms with E-state index in [0.717, 1.165) is 19.2 Å². The summed E-state index contributed by atoms with van der Waals surface area (Å²) in [5.74, 6) is -0.323. The maximum Gasteiger partial charge on any atom is 0.252 e. The summed E-state index contributed by atoms with van der Waals surface area (Å²) in [7, 11) is 0.521. The minimum Gasteiger partial charge on any atom is -0.352 e. The number of nitrogens with zero attached hydrogens (tertiary/aromatic N) is 1. The quantitative estimate of drug-likeness (QED) is 0.739. The number of halogens is 1. The van der Waals surface area contributed by atoms with Crippen molar-refractivity contribution in [2.24, 2.45) is 0 Å². The first-order chi connectivity index (χ1) is 9.69. The molecule has 0 aromatic heterocycles. The summed E-state index contributed by atoms with van der Waals surface area (Å²) in [6, 6.07) is 4.42. The molecule has 6 nitrogen and oxygen atoms in total. The van der Waals surface area contributed by atoms with Gasteiger partial charge in [0.1, 0.15) is 0 Å². The van der Waals surface area contributed by atoms with Crippen molar-refractivity contribution in [3.8, 4) is 0 Å². The fraction of sp³-hybridized carbons (Fsp3) is 0.462. The summed E-state index contributed by atoms with van der Waals surface area (Å²) in [5, 5.41) is 3.03. The molecular weight excluding hydrogens is 314 g/mol. The molecule has 0 aliphatic carbocycles. The van der Waals surface area contributed by atoms with Gasteiger partial charge in [0.25, 0.3) is 5.91 Å². The van der Waals surface area contributed by atoms with Crippen molar-refractivity contribution in [1.29, 1.82) is 0 Å². The van der Waals surface area contributed by atoms with Gasteiger partial charge >= 0.3 is 0 Å². The summed E-state index contributed by atoms with van der Waals surface area (Å²) in [4.78, 5) is 14.1. The number of rotatable bonds is 7. The molecule has 0 atom stereocenters. The zero-order valence-electron chi connectivity index (χ0n) is 12.3. The fourth-order valence-corrected chi connectivity index (χ4v) is 2.43. The Morgan fingerprint density at radius 1 is 1.33 bits per heavy atom. The lowest BCUT2D eigenvalue weighted by Crippen LogP contribution is -2.27. The van der Waals surface area contributed by atoms with Gasteiger partial charge in [-0.1, -0.05) is 11.6 Å². The molecule has 8 heteroatoms. The standard InChI is InChI=1S/C13H20ClN3O3S/c1-17(2)8-4-7-15-13(18)11-9-10(5-6-12(11)14)16-21(3,19)20/h5-6,9,16H,4,7-8H2,1-3H3,(H,15,18). The molecule has 0 fully saturated rings. The van der Waals surface area contributed by atoms with Crippen molar-refractivity contribution in [1.82, 2.24) is 10.2 Å². The van der Waals surface area contributed by atoms with E-state index in [1.807, 2.05) is 19.0 Å². The van der Waals surface area contributed by atoms with Crippen molar-refractivity contribution < 1.29 is 13.2 Å². The molecule has 0 radical (unpaired) electrons. The molecule has 1 rings (SSSR count). The highest BCUT2D eigenvalue weighted by molar-refractivity contribution is 7.92. The van der Waals surface area contributed by atoms with E-state index in [9.17, 15) is 13.2 Å². The van der Waals surface area contributed by atoms with Gasteiger partial charge in [-0.15, -0.1) is 0 Å². The molecule has 0 saturated carbocycles. The Balaban J connectivity index is 2.72. The van der Waals surface area contributed by atoms with Gasteiger partial charge in [0.15, 0.2) is 0 Å². The minimum absolute atomic E-state index is 0.246. The molecule has 0 aliphatic heterocycles. The second-order valence-electron chi connectivity index (χ2n) is 4.98. The van der Waals surface area contributed by atoms with Crippen LogP contribution in [0.5, 0.6) is 0 Å². The van der Waals surface area contributed by atoms with Gasteiger partial charge in [0.05, 0.1) is 16.8 Å². The molecule has 1 aromatic carbocycles. The van der Waals surface area contributed by atoms with Crippen molar-refractivity contribution in [3.63, 3.8) is 0 Å². The molecule has 1 aromatic rings. The number of carbonyl (C=O) groups is 1. The lowest BCUT2D eigenvalue weighted by Gasteiger charge is -2.11. The Hall–Kier alpha value is -1.31. The zero-order valence-corrected chi connectivity index (χ0v) is 13.9. The van der Waals surface area contributed by atoms with E-state index in [2.05, 4.69) is 10.0 Å². The average Bonchev–Trinajstić information content (AvgIpc) is 2.34. The van der Waals surface area contributed by atoms with Crippen LogP contribution in [0.4, 0.5) is 5.69 Å². The van der Waals surface area contributed by atoms with Crippen molar-refractivity contribution in [3.05, 3.63) is 28.8 Å². The van der Waals surface area contributed by atoms with Crippen molar-refractivity contribution in [2.75, 3.05) is 38.2 Å². The lowest BCUT2D eigenvalue weighted by atomic mass is 10.2. The zero-order chi connectivity index (χ0) is 16.0. The van der Waals surface area contributed by atoms with E-state index in [1.165, 1.54) is 18.2 Å². The van der Waals surface area contributed by atoms with Gasteiger partial charge in [0, 0.05) is 12.2 Å². The molecule has 0 spiro atoms. The molecule has 1 amide bonds. The summed E-state index contributed by atoms with van der Waals surface area (Å²) < 4.78 is 24.7. The lowest BCUT2D eigenvalue weighted by molar-refractivity contribution is 0.0952. The topological polar surface area (TPSA) is 78.5 Å². The number of amides is 1. The largest absolute Gasteiger partial charge is 0.352 e. The van der Waals surface area contributed by atoms with Crippen LogP contribution in [-0.4, -0.2) is 52.7 Å². The van der Waals surface area contributed by atoms with Gasteiger partial charge in [0.2, 0.25) is 10.0 Å². The van der Waals surface area contributed by atoms with Gasteiger partial charge in [-0.2, -0.15) is 0 Å². The van der Waals surface area contributed by atoms with E-state index >= 15 is 0 Å². The number of hydrogen-bond donors (Lipinski definition) is 2. The van der Waals surface area contributed by atoms with E-state index < -0.39 is 10.0 Å². The number of hydrogen-bond acceptors (Lipinski definition) is 4. The molecule has 21 heavy (non-hydrogen) atoms. The second-order valence-corrected chi connectivity index (χ2v) is 7.14. The number of sulfonamides is 1. The Morgan fingerprint density at radius 3 is 2.57 bits per heavy atom. The number of carbonyl (C=O) groups excluding carboxylic acids is 1. The van der Waals surface area contributed by atoms with Crippen LogP contribution in [0, 0.1) is 0 Å². The molecule has 2 N–H and O–H groups in total.